The van der Waals surface area contributed by atoms with Crippen LogP contribution in [0.3, 0.4) is 0 Å². The van der Waals surface area contributed by atoms with Crippen molar-refractivity contribution in [3.8, 4) is 0 Å². The third-order valence-electron chi connectivity index (χ3n) is 3.65. The Kier molecular flexibility index (Phi) is 5.09. The van der Waals surface area contributed by atoms with E-state index in [1.165, 1.54) is 0 Å². The molecule has 3 heteroatoms. The smallest absolute Gasteiger partial charge is 0.0547 e. The molecule has 1 unspecified atom stereocenters. The first-order valence-electron chi connectivity index (χ1n) is 6.43. The van der Waals surface area contributed by atoms with Gasteiger partial charge in [-0.1, -0.05) is 19.9 Å². The van der Waals surface area contributed by atoms with Gasteiger partial charge in [0, 0.05) is 24.3 Å². The highest BCUT2D eigenvalue weighted by Gasteiger charge is 2.27. The third-order valence-corrected chi connectivity index (χ3v) is 3.65. The Hall–Kier alpha value is -0.930. The average molecular weight is 235 g/mol. The maximum absolute atomic E-state index is 5.92. The summed E-state index contributed by atoms with van der Waals surface area (Å²) < 4.78 is 0. The standard InChI is InChI=1S/C14H25N3/c1-5-14(4,11-15)17(6-2)10-13-9-7-8-12(3)16-13/h7-9H,5-6,10-11,15H2,1-4H3. The lowest BCUT2D eigenvalue weighted by Gasteiger charge is -2.39. The van der Waals surface area contributed by atoms with Gasteiger partial charge in [0.15, 0.2) is 0 Å². The first-order valence-corrected chi connectivity index (χ1v) is 6.43. The molecule has 17 heavy (non-hydrogen) atoms. The van der Waals surface area contributed by atoms with Crippen LogP contribution in [0.15, 0.2) is 18.2 Å². The topological polar surface area (TPSA) is 42.2 Å². The maximum atomic E-state index is 5.92. The number of pyridine rings is 1. The zero-order chi connectivity index (χ0) is 12.9. The fourth-order valence-corrected chi connectivity index (χ4v) is 2.06. The molecule has 2 N–H and O–H groups in total. The molecule has 0 saturated carbocycles. The van der Waals surface area contributed by atoms with Crippen LogP contribution in [0.5, 0.6) is 0 Å². The third kappa shape index (κ3) is 3.51. The van der Waals surface area contributed by atoms with Crippen LogP contribution in [0, 0.1) is 6.92 Å². The molecule has 1 atom stereocenters. The Morgan fingerprint density at radius 1 is 1.35 bits per heavy atom. The molecule has 0 saturated heterocycles. The van der Waals surface area contributed by atoms with Crippen molar-refractivity contribution in [1.29, 1.82) is 0 Å². The van der Waals surface area contributed by atoms with Crippen LogP contribution in [-0.4, -0.2) is 28.5 Å². The summed E-state index contributed by atoms with van der Waals surface area (Å²) in [7, 11) is 0. The summed E-state index contributed by atoms with van der Waals surface area (Å²) >= 11 is 0. The van der Waals surface area contributed by atoms with Gasteiger partial charge in [0.1, 0.15) is 0 Å². The second-order valence-corrected chi connectivity index (χ2v) is 4.84. The molecule has 1 heterocycles. The fourth-order valence-electron chi connectivity index (χ4n) is 2.06. The van der Waals surface area contributed by atoms with Crippen molar-refractivity contribution in [2.45, 2.75) is 46.2 Å². The summed E-state index contributed by atoms with van der Waals surface area (Å²) in [4.78, 5) is 6.97. The van der Waals surface area contributed by atoms with Gasteiger partial charge in [0.25, 0.3) is 0 Å². The van der Waals surface area contributed by atoms with E-state index < -0.39 is 0 Å². The molecule has 3 nitrogen and oxygen atoms in total. The molecular weight excluding hydrogens is 210 g/mol. The van der Waals surface area contributed by atoms with Gasteiger partial charge in [-0.05, 0) is 38.9 Å². The van der Waals surface area contributed by atoms with Crippen LogP contribution < -0.4 is 5.73 Å². The molecule has 0 aliphatic heterocycles. The highest BCUT2D eigenvalue weighted by atomic mass is 15.2. The van der Waals surface area contributed by atoms with Crippen molar-refractivity contribution < 1.29 is 0 Å². The average Bonchev–Trinajstić information content (AvgIpc) is 2.35. The van der Waals surface area contributed by atoms with Gasteiger partial charge in [-0.15, -0.1) is 0 Å². The van der Waals surface area contributed by atoms with Gasteiger partial charge < -0.3 is 5.73 Å². The van der Waals surface area contributed by atoms with Crippen molar-refractivity contribution in [2.24, 2.45) is 5.73 Å². The highest BCUT2D eigenvalue weighted by molar-refractivity contribution is 5.10. The number of nitrogens with zero attached hydrogens (tertiary/aromatic N) is 2. The lowest BCUT2D eigenvalue weighted by Crippen LogP contribution is -2.50. The largest absolute Gasteiger partial charge is 0.329 e. The van der Waals surface area contributed by atoms with E-state index in [4.69, 9.17) is 5.73 Å². The molecule has 1 rings (SSSR count). The van der Waals surface area contributed by atoms with Gasteiger partial charge in [-0.3, -0.25) is 9.88 Å². The second kappa shape index (κ2) is 6.12. The Bertz CT molecular complexity index is 345. The minimum atomic E-state index is 0.0696. The van der Waals surface area contributed by atoms with Crippen LogP contribution >= 0.6 is 0 Å². The molecule has 1 aromatic rings. The predicted molar refractivity (Wildman–Crippen MR) is 72.8 cm³/mol. The molecule has 0 amide bonds. The molecule has 96 valence electrons. The minimum Gasteiger partial charge on any atom is -0.329 e. The van der Waals surface area contributed by atoms with Gasteiger partial charge in [-0.25, -0.2) is 0 Å². The van der Waals surface area contributed by atoms with Crippen LogP contribution in [0.1, 0.15) is 38.6 Å². The fraction of sp³-hybridized carbons (Fsp3) is 0.643. The van der Waals surface area contributed by atoms with E-state index >= 15 is 0 Å². The number of nitrogens with two attached hydrogens (primary N) is 1. The molecule has 0 spiro atoms. The number of hydrogen-bond acceptors (Lipinski definition) is 3. The lowest BCUT2D eigenvalue weighted by atomic mass is 9.96. The zero-order valence-electron chi connectivity index (χ0n) is 11.5. The number of likely N-dealkylation sites (N-methyl/N-ethyl adjacent to an activating group) is 1. The molecule has 0 aromatic carbocycles. The van der Waals surface area contributed by atoms with E-state index in [9.17, 15) is 0 Å². The lowest BCUT2D eigenvalue weighted by molar-refractivity contribution is 0.103. The molecule has 1 aromatic heterocycles. The van der Waals surface area contributed by atoms with E-state index in [0.717, 1.165) is 30.9 Å². The Balaban J connectivity index is 2.83. The molecular formula is C14H25N3. The summed E-state index contributed by atoms with van der Waals surface area (Å²) in [6, 6.07) is 6.18. The molecule has 0 fully saturated rings. The van der Waals surface area contributed by atoms with Crippen LogP contribution in [0.2, 0.25) is 0 Å². The molecule has 0 bridgehead atoms. The summed E-state index contributed by atoms with van der Waals surface area (Å²) in [6.07, 6.45) is 1.06. The number of aromatic nitrogens is 1. The zero-order valence-corrected chi connectivity index (χ0v) is 11.5. The highest BCUT2D eigenvalue weighted by Crippen LogP contribution is 2.20. The molecule has 0 radical (unpaired) electrons. The Morgan fingerprint density at radius 2 is 2.06 bits per heavy atom. The first kappa shape index (κ1) is 14.1. The van der Waals surface area contributed by atoms with Crippen molar-refractivity contribution in [1.82, 2.24) is 9.88 Å². The van der Waals surface area contributed by atoms with Crippen molar-refractivity contribution in [3.63, 3.8) is 0 Å². The van der Waals surface area contributed by atoms with E-state index in [0.29, 0.717) is 6.54 Å². The van der Waals surface area contributed by atoms with E-state index in [1.807, 2.05) is 13.0 Å². The normalized spacial score (nSPS) is 14.9. The summed E-state index contributed by atoms with van der Waals surface area (Å²) in [5.41, 5.74) is 8.18. The van der Waals surface area contributed by atoms with Crippen LogP contribution in [0.25, 0.3) is 0 Å². The SMILES string of the molecule is CCN(Cc1cccc(C)n1)C(C)(CC)CN. The van der Waals surface area contributed by atoms with Crippen molar-refractivity contribution >= 4 is 0 Å². The Labute approximate surface area is 105 Å². The van der Waals surface area contributed by atoms with E-state index in [-0.39, 0.29) is 5.54 Å². The molecule has 0 aliphatic rings. The summed E-state index contributed by atoms with van der Waals surface area (Å²) in [5, 5.41) is 0. The number of aryl methyl sites for hydroxylation is 1. The van der Waals surface area contributed by atoms with E-state index in [1.54, 1.807) is 0 Å². The van der Waals surface area contributed by atoms with Gasteiger partial charge in [-0.2, -0.15) is 0 Å². The van der Waals surface area contributed by atoms with Gasteiger partial charge in [0.2, 0.25) is 0 Å². The maximum Gasteiger partial charge on any atom is 0.0547 e. The van der Waals surface area contributed by atoms with Gasteiger partial charge >= 0.3 is 0 Å². The van der Waals surface area contributed by atoms with Crippen LogP contribution in [0.4, 0.5) is 0 Å². The van der Waals surface area contributed by atoms with E-state index in [2.05, 4.69) is 42.8 Å². The summed E-state index contributed by atoms with van der Waals surface area (Å²) in [5.74, 6) is 0. The molecule has 0 aliphatic carbocycles. The minimum absolute atomic E-state index is 0.0696. The summed E-state index contributed by atoms with van der Waals surface area (Å²) in [6.45, 7) is 11.2. The number of hydrogen-bond donors (Lipinski definition) is 1. The Morgan fingerprint density at radius 3 is 2.53 bits per heavy atom. The van der Waals surface area contributed by atoms with Crippen LogP contribution in [-0.2, 0) is 6.54 Å². The quantitative estimate of drug-likeness (QED) is 0.823. The number of rotatable bonds is 6. The second-order valence-electron chi connectivity index (χ2n) is 4.84. The monoisotopic (exact) mass is 235 g/mol. The van der Waals surface area contributed by atoms with Crippen molar-refractivity contribution in [3.05, 3.63) is 29.6 Å². The predicted octanol–water partition coefficient (Wildman–Crippen LogP) is 2.34. The van der Waals surface area contributed by atoms with Crippen molar-refractivity contribution in [2.75, 3.05) is 13.1 Å². The van der Waals surface area contributed by atoms with Gasteiger partial charge in [0.05, 0.1) is 5.69 Å². The first-order chi connectivity index (χ1) is 8.05.